The molecule has 2 aromatic carbocycles. The van der Waals surface area contributed by atoms with Crippen LogP contribution in [0.2, 0.25) is 0 Å². The van der Waals surface area contributed by atoms with Crippen molar-refractivity contribution in [2.45, 2.75) is 31.9 Å². The molecule has 2 amide bonds. The molecule has 4 rings (SSSR count). The molecule has 6 nitrogen and oxygen atoms in total. The fourth-order valence-electron chi connectivity index (χ4n) is 3.50. The number of anilines is 1. The molecule has 1 N–H and O–H groups in total. The maximum Gasteiger partial charge on any atom is 0.410 e. The van der Waals surface area contributed by atoms with Crippen LogP contribution in [0.5, 0.6) is 0 Å². The van der Waals surface area contributed by atoms with Crippen molar-refractivity contribution in [3.8, 4) is 0 Å². The Morgan fingerprint density at radius 2 is 1.90 bits per heavy atom. The van der Waals surface area contributed by atoms with E-state index in [1.54, 1.807) is 18.3 Å². The van der Waals surface area contributed by atoms with Crippen molar-refractivity contribution in [2.75, 3.05) is 11.9 Å². The number of nitrogens with one attached hydrogen (secondary N) is 1. The molecule has 1 aromatic heterocycles. The van der Waals surface area contributed by atoms with Gasteiger partial charge >= 0.3 is 6.09 Å². The van der Waals surface area contributed by atoms with Gasteiger partial charge in [0.2, 0.25) is 5.91 Å². The Kier molecular flexibility index (Phi) is 6.57. The lowest BCUT2D eigenvalue weighted by atomic mass is 10.1. The van der Waals surface area contributed by atoms with E-state index in [0.717, 1.165) is 22.4 Å². The highest BCUT2D eigenvalue weighted by Crippen LogP contribution is 2.24. The van der Waals surface area contributed by atoms with Gasteiger partial charge in [-0.2, -0.15) is 0 Å². The number of nitrogens with zero attached hydrogens (tertiary/aromatic N) is 2. The third-order valence-electron chi connectivity index (χ3n) is 5.07. The largest absolute Gasteiger partial charge is 0.445 e. The van der Waals surface area contributed by atoms with Gasteiger partial charge in [-0.05, 0) is 36.1 Å². The molecule has 0 spiro atoms. The van der Waals surface area contributed by atoms with Crippen LogP contribution in [0.25, 0.3) is 0 Å². The summed E-state index contributed by atoms with van der Waals surface area (Å²) in [4.78, 5) is 32.0. The average molecular weight is 440 g/mol. The zero-order chi connectivity index (χ0) is 21.6. The summed E-state index contributed by atoms with van der Waals surface area (Å²) in [6.07, 6.45) is 3.14. The first-order valence-electron chi connectivity index (χ1n) is 10.1. The fraction of sp³-hybridized carbons (Fsp3) is 0.261. The molecule has 3 aromatic rings. The average Bonchev–Trinajstić information content (AvgIpc) is 3.44. The predicted molar refractivity (Wildman–Crippen MR) is 116 cm³/mol. The van der Waals surface area contributed by atoms with E-state index in [-0.39, 0.29) is 18.3 Å². The lowest BCUT2D eigenvalue weighted by Gasteiger charge is -2.22. The summed E-state index contributed by atoms with van der Waals surface area (Å²) in [5.41, 5.74) is 1.86. The Balaban J connectivity index is 1.32. The van der Waals surface area contributed by atoms with Crippen molar-refractivity contribution < 1.29 is 18.7 Å². The number of hydrogen-bond acceptors (Lipinski definition) is 5. The van der Waals surface area contributed by atoms with E-state index in [9.17, 15) is 14.0 Å². The van der Waals surface area contributed by atoms with E-state index >= 15 is 0 Å². The van der Waals surface area contributed by atoms with Crippen LogP contribution >= 0.6 is 11.3 Å². The Hall–Kier alpha value is -3.26. The van der Waals surface area contributed by atoms with Crippen LogP contribution in [0.4, 0.5) is 14.3 Å². The Morgan fingerprint density at radius 1 is 1.13 bits per heavy atom. The lowest BCUT2D eigenvalue weighted by molar-refractivity contribution is -0.120. The molecule has 31 heavy (non-hydrogen) atoms. The van der Waals surface area contributed by atoms with Crippen molar-refractivity contribution >= 4 is 28.5 Å². The number of amides is 2. The first-order chi connectivity index (χ1) is 15.1. The number of ether oxygens (including phenoxy) is 1. The molecule has 1 unspecified atom stereocenters. The topological polar surface area (TPSA) is 71.5 Å². The molecule has 0 saturated carbocycles. The number of carbonyl (C=O) groups is 2. The number of benzene rings is 2. The zero-order valence-electron chi connectivity index (χ0n) is 16.8. The first kappa shape index (κ1) is 21.0. The molecule has 1 aliphatic heterocycles. The normalized spacial score (nSPS) is 15.6. The zero-order valence-corrected chi connectivity index (χ0v) is 17.6. The summed E-state index contributed by atoms with van der Waals surface area (Å²) in [5, 5.41) is 3.30. The van der Waals surface area contributed by atoms with Gasteiger partial charge in [0, 0.05) is 24.0 Å². The summed E-state index contributed by atoms with van der Waals surface area (Å²) in [7, 11) is 0. The van der Waals surface area contributed by atoms with Crippen molar-refractivity contribution in [2.24, 2.45) is 0 Å². The standard InChI is InChI=1S/C23H22FN3O3S/c24-18-10-8-16(9-11-18)13-19-14-25-22(31-19)26-21(28)20-7-4-12-27(20)23(29)30-15-17-5-2-1-3-6-17/h1-3,5-6,8-11,14,20H,4,7,12-13,15H2,(H,25,26,28). The summed E-state index contributed by atoms with van der Waals surface area (Å²) in [6.45, 7) is 0.656. The molecule has 1 aliphatic rings. The maximum absolute atomic E-state index is 13.1. The van der Waals surface area contributed by atoms with Crippen molar-refractivity contribution in [1.82, 2.24) is 9.88 Å². The minimum Gasteiger partial charge on any atom is -0.445 e. The summed E-state index contributed by atoms with van der Waals surface area (Å²) in [6, 6.07) is 15.1. The Morgan fingerprint density at radius 3 is 2.68 bits per heavy atom. The van der Waals surface area contributed by atoms with Crippen LogP contribution in [0.3, 0.4) is 0 Å². The maximum atomic E-state index is 13.1. The smallest absolute Gasteiger partial charge is 0.410 e. The van der Waals surface area contributed by atoms with E-state index < -0.39 is 12.1 Å². The van der Waals surface area contributed by atoms with Crippen LogP contribution in [0.1, 0.15) is 28.8 Å². The molecule has 2 heterocycles. The summed E-state index contributed by atoms with van der Waals surface area (Å²) >= 11 is 1.36. The molecule has 1 saturated heterocycles. The Bertz CT molecular complexity index is 1040. The second kappa shape index (κ2) is 9.70. The molecular formula is C23H22FN3O3S. The van der Waals surface area contributed by atoms with Gasteiger partial charge in [-0.1, -0.05) is 42.5 Å². The molecule has 8 heteroatoms. The molecule has 1 fully saturated rings. The minimum atomic E-state index is -0.576. The highest BCUT2D eigenvalue weighted by molar-refractivity contribution is 7.15. The number of carbonyl (C=O) groups excluding carboxylic acids is 2. The van der Waals surface area contributed by atoms with Crippen LogP contribution in [-0.4, -0.2) is 34.5 Å². The van der Waals surface area contributed by atoms with Gasteiger partial charge < -0.3 is 10.1 Å². The lowest BCUT2D eigenvalue weighted by Crippen LogP contribution is -2.43. The summed E-state index contributed by atoms with van der Waals surface area (Å²) in [5.74, 6) is -0.540. The van der Waals surface area contributed by atoms with E-state index in [2.05, 4.69) is 10.3 Å². The minimum absolute atomic E-state index is 0.170. The van der Waals surface area contributed by atoms with Crippen molar-refractivity contribution in [3.05, 3.63) is 82.6 Å². The van der Waals surface area contributed by atoms with E-state index in [4.69, 9.17) is 4.74 Å². The molecular weight excluding hydrogens is 417 g/mol. The number of likely N-dealkylation sites (tertiary alicyclic amines) is 1. The predicted octanol–water partition coefficient (Wildman–Crippen LogP) is 4.61. The highest BCUT2D eigenvalue weighted by Gasteiger charge is 2.35. The van der Waals surface area contributed by atoms with Gasteiger partial charge in [0.1, 0.15) is 18.5 Å². The van der Waals surface area contributed by atoms with Crippen LogP contribution < -0.4 is 5.32 Å². The van der Waals surface area contributed by atoms with Gasteiger partial charge in [0.15, 0.2) is 5.13 Å². The van der Waals surface area contributed by atoms with Gasteiger partial charge in [0.05, 0.1) is 0 Å². The molecule has 0 radical (unpaired) electrons. The van der Waals surface area contributed by atoms with Gasteiger partial charge in [-0.25, -0.2) is 14.2 Å². The van der Waals surface area contributed by atoms with Crippen molar-refractivity contribution in [1.29, 1.82) is 0 Å². The summed E-state index contributed by atoms with van der Waals surface area (Å²) < 4.78 is 18.4. The third-order valence-corrected chi connectivity index (χ3v) is 5.98. The fourth-order valence-corrected chi connectivity index (χ4v) is 4.35. The number of aromatic nitrogens is 1. The molecule has 1 atom stereocenters. The van der Waals surface area contributed by atoms with Crippen molar-refractivity contribution in [3.63, 3.8) is 0 Å². The number of hydrogen-bond donors (Lipinski definition) is 1. The molecule has 0 aliphatic carbocycles. The first-order valence-corrected chi connectivity index (χ1v) is 10.9. The van der Waals surface area contributed by atoms with E-state index in [1.807, 2.05) is 30.3 Å². The second-order valence-electron chi connectivity index (χ2n) is 7.32. The number of halogens is 1. The number of rotatable bonds is 6. The van der Waals surface area contributed by atoms with E-state index in [1.165, 1.54) is 28.4 Å². The molecule has 0 bridgehead atoms. The monoisotopic (exact) mass is 439 g/mol. The Labute approximate surface area is 183 Å². The van der Waals surface area contributed by atoms with Gasteiger partial charge in [-0.3, -0.25) is 9.69 Å². The van der Waals surface area contributed by atoms with Gasteiger partial charge in [0.25, 0.3) is 0 Å². The third kappa shape index (κ3) is 5.46. The SMILES string of the molecule is O=C(Nc1ncc(Cc2ccc(F)cc2)s1)C1CCCN1C(=O)OCc1ccccc1. The van der Waals surface area contributed by atoms with Crippen LogP contribution in [-0.2, 0) is 22.6 Å². The second-order valence-corrected chi connectivity index (χ2v) is 8.43. The highest BCUT2D eigenvalue weighted by atomic mass is 32.1. The van der Waals surface area contributed by atoms with E-state index in [0.29, 0.717) is 24.5 Å². The quantitative estimate of drug-likeness (QED) is 0.609. The van der Waals surface area contributed by atoms with Crippen LogP contribution in [0.15, 0.2) is 60.8 Å². The van der Waals surface area contributed by atoms with Crippen LogP contribution in [0, 0.1) is 5.82 Å². The molecule has 160 valence electrons. The number of thiazole rings is 1. The van der Waals surface area contributed by atoms with Gasteiger partial charge in [-0.15, -0.1) is 11.3 Å².